The molecule has 0 saturated heterocycles. The molecule has 0 atom stereocenters. The number of anilines is 1. The number of hydrogen-bond donors (Lipinski definition) is 2. The van der Waals surface area contributed by atoms with Gasteiger partial charge in [0, 0.05) is 4.90 Å². The number of carbonyl (C=O) groups is 2. The lowest BCUT2D eigenvalue weighted by Crippen LogP contribution is -2.34. The zero-order chi connectivity index (χ0) is 22.4. The van der Waals surface area contributed by atoms with Crippen molar-refractivity contribution in [2.45, 2.75) is 9.92 Å². The highest BCUT2D eigenvalue weighted by Gasteiger charge is 2.20. The molecule has 0 aliphatic carbocycles. The quantitative estimate of drug-likeness (QED) is 0.485. The highest BCUT2D eigenvalue weighted by molar-refractivity contribution is 7.99. The molecular weight excluding hydrogens is 461 g/mol. The maximum absolute atomic E-state index is 12.5. The van der Waals surface area contributed by atoms with Crippen molar-refractivity contribution in [1.82, 2.24) is 10.3 Å². The third-order valence-electron chi connectivity index (χ3n) is 3.99. The van der Waals surface area contributed by atoms with Crippen LogP contribution in [0.4, 0.5) is 10.5 Å². The molecule has 3 aromatic rings. The van der Waals surface area contributed by atoms with Gasteiger partial charge in [0.15, 0.2) is 0 Å². The van der Waals surface area contributed by atoms with E-state index in [-0.39, 0.29) is 17.1 Å². The van der Waals surface area contributed by atoms with Crippen LogP contribution in [0, 0.1) is 0 Å². The molecule has 1 heterocycles. The first-order valence-electron chi connectivity index (χ1n) is 8.83. The molecule has 0 radical (unpaired) electrons. The molecule has 1 aromatic heterocycles. The fraction of sp³-hybridized carbons (Fsp3) is 0.0952. The van der Waals surface area contributed by atoms with E-state index in [1.807, 2.05) is 6.07 Å². The van der Waals surface area contributed by atoms with Crippen LogP contribution in [0.2, 0.25) is 10.0 Å². The van der Waals surface area contributed by atoms with Gasteiger partial charge in [0.25, 0.3) is 5.91 Å². The van der Waals surface area contributed by atoms with Gasteiger partial charge in [-0.25, -0.2) is 9.78 Å². The Hall–Kier alpha value is -2.94. The molecule has 3 rings (SSSR count). The van der Waals surface area contributed by atoms with Crippen LogP contribution in [0.3, 0.4) is 0 Å². The molecule has 7 nitrogen and oxygen atoms in total. The number of ether oxygens (including phenoxy) is 2. The van der Waals surface area contributed by atoms with Crippen LogP contribution >= 0.6 is 35.0 Å². The highest BCUT2D eigenvalue weighted by atomic mass is 35.5. The average Bonchev–Trinajstić information content (AvgIpc) is 2.76. The number of rotatable bonds is 6. The summed E-state index contributed by atoms with van der Waals surface area (Å²) in [6.07, 6.45) is 1.48. The zero-order valence-corrected chi connectivity index (χ0v) is 18.8. The fourth-order valence-corrected chi connectivity index (χ4v) is 3.74. The van der Waals surface area contributed by atoms with Gasteiger partial charge in [0.1, 0.15) is 22.1 Å². The highest BCUT2D eigenvalue weighted by Crippen LogP contribution is 2.32. The van der Waals surface area contributed by atoms with Crippen LogP contribution in [-0.4, -0.2) is 31.1 Å². The Kier molecular flexibility index (Phi) is 7.62. The van der Waals surface area contributed by atoms with E-state index in [1.54, 1.807) is 42.5 Å². The zero-order valence-electron chi connectivity index (χ0n) is 16.4. The first-order valence-corrected chi connectivity index (χ1v) is 10.4. The van der Waals surface area contributed by atoms with Crippen molar-refractivity contribution in [3.63, 3.8) is 0 Å². The molecule has 3 amide bonds. The summed E-state index contributed by atoms with van der Waals surface area (Å²) >= 11 is 13.3. The second-order valence-corrected chi connectivity index (χ2v) is 7.92. The van der Waals surface area contributed by atoms with Crippen LogP contribution in [0.5, 0.6) is 11.5 Å². The number of hydrogen-bond acceptors (Lipinski definition) is 6. The summed E-state index contributed by atoms with van der Waals surface area (Å²) < 4.78 is 10.4. The monoisotopic (exact) mass is 477 g/mol. The number of halogens is 2. The summed E-state index contributed by atoms with van der Waals surface area (Å²) in [6.45, 7) is 0. The lowest BCUT2D eigenvalue weighted by atomic mass is 10.1. The Morgan fingerprint density at radius 3 is 2.26 bits per heavy atom. The number of pyridine rings is 1. The number of methoxy groups -OCH3 is 2. The molecule has 0 aliphatic heterocycles. The Morgan fingerprint density at radius 1 is 0.968 bits per heavy atom. The summed E-state index contributed by atoms with van der Waals surface area (Å²) in [5, 5.41) is 6.44. The summed E-state index contributed by atoms with van der Waals surface area (Å²) in [5.74, 6) is -0.0865. The first-order chi connectivity index (χ1) is 14.9. The van der Waals surface area contributed by atoms with Crippen LogP contribution in [-0.2, 0) is 0 Å². The van der Waals surface area contributed by atoms with E-state index in [1.165, 1.54) is 32.2 Å². The second-order valence-electron chi connectivity index (χ2n) is 6.01. The minimum absolute atomic E-state index is 0.120. The number of aromatic nitrogens is 1. The first kappa shape index (κ1) is 22.7. The van der Waals surface area contributed by atoms with Crippen molar-refractivity contribution < 1.29 is 19.1 Å². The molecule has 0 fully saturated rings. The van der Waals surface area contributed by atoms with Crippen molar-refractivity contribution in [2.75, 3.05) is 19.5 Å². The SMILES string of the molecule is COc1cccc(OC)c1C(=O)NC(=O)Nc1ccc(Sc2ccc(Cl)c(Cl)c2)nc1. The normalized spacial score (nSPS) is 10.3. The number of carbonyl (C=O) groups excluding carboxylic acids is 2. The van der Waals surface area contributed by atoms with E-state index in [0.717, 1.165) is 4.90 Å². The van der Waals surface area contributed by atoms with Gasteiger partial charge in [0.2, 0.25) is 0 Å². The molecule has 0 unspecified atom stereocenters. The van der Waals surface area contributed by atoms with Crippen molar-refractivity contribution in [1.29, 1.82) is 0 Å². The predicted molar refractivity (Wildman–Crippen MR) is 121 cm³/mol. The Balaban J connectivity index is 1.63. The van der Waals surface area contributed by atoms with Gasteiger partial charge in [0.05, 0.1) is 36.1 Å². The predicted octanol–water partition coefficient (Wildman–Crippen LogP) is 5.52. The number of benzene rings is 2. The van der Waals surface area contributed by atoms with Crippen molar-refractivity contribution in [2.24, 2.45) is 0 Å². The van der Waals surface area contributed by atoms with Gasteiger partial charge in [-0.3, -0.25) is 10.1 Å². The van der Waals surface area contributed by atoms with Gasteiger partial charge in [-0.1, -0.05) is 41.0 Å². The number of imide groups is 1. The van der Waals surface area contributed by atoms with E-state index in [0.29, 0.717) is 20.8 Å². The maximum Gasteiger partial charge on any atom is 0.326 e. The molecule has 2 aromatic carbocycles. The van der Waals surface area contributed by atoms with Crippen LogP contribution < -0.4 is 20.1 Å². The Labute approximate surface area is 193 Å². The standard InChI is InChI=1S/C21H17Cl2N3O4S/c1-29-16-4-3-5-17(30-2)19(16)20(27)26-21(28)25-12-6-9-18(24-11-12)31-13-7-8-14(22)15(23)10-13/h3-11H,1-2H3,(H2,25,26,27,28). The molecular formula is C21H17Cl2N3O4S. The lowest BCUT2D eigenvalue weighted by molar-refractivity contribution is 0.0961. The van der Waals surface area contributed by atoms with E-state index >= 15 is 0 Å². The summed E-state index contributed by atoms with van der Waals surface area (Å²) in [6, 6.07) is 12.8. The van der Waals surface area contributed by atoms with Crippen molar-refractivity contribution >= 4 is 52.6 Å². The molecule has 160 valence electrons. The smallest absolute Gasteiger partial charge is 0.326 e. The van der Waals surface area contributed by atoms with Gasteiger partial charge in [-0.2, -0.15) is 0 Å². The minimum Gasteiger partial charge on any atom is -0.496 e. The lowest BCUT2D eigenvalue weighted by Gasteiger charge is -2.13. The molecule has 0 spiro atoms. The van der Waals surface area contributed by atoms with Gasteiger partial charge in [-0.15, -0.1) is 0 Å². The Bertz CT molecular complexity index is 1090. The third kappa shape index (κ3) is 5.81. The van der Waals surface area contributed by atoms with Crippen LogP contribution in [0.1, 0.15) is 10.4 Å². The van der Waals surface area contributed by atoms with E-state index in [4.69, 9.17) is 32.7 Å². The largest absolute Gasteiger partial charge is 0.496 e. The molecule has 2 N–H and O–H groups in total. The van der Waals surface area contributed by atoms with Crippen LogP contribution in [0.25, 0.3) is 0 Å². The number of nitrogens with one attached hydrogen (secondary N) is 2. The summed E-state index contributed by atoms with van der Waals surface area (Å²) in [7, 11) is 2.85. The van der Waals surface area contributed by atoms with E-state index in [2.05, 4.69) is 15.6 Å². The Morgan fingerprint density at radius 2 is 1.68 bits per heavy atom. The third-order valence-corrected chi connectivity index (χ3v) is 5.67. The van der Waals surface area contributed by atoms with E-state index < -0.39 is 11.9 Å². The molecule has 0 saturated carbocycles. The number of amides is 3. The topological polar surface area (TPSA) is 89.5 Å². The second kappa shape index (κ2) is 10.4. The van der Waals surface area contributed by atoms with E-state index in [9.17, 15) is 9.59 Å². The van der Waals surface area contributed by atoms with Crippen LogP contribution in [0.15, 0.2) is 64.6 Å². The molecule has 10 heteroatoms. The average molecular weight is 478 g/mol. The van der Waals surface area contributed by atoms with Gasteiger partial charge in [-0.05, 0) is 42.5 Å². The van der Waals surface area contributed by atoms with Gasteiger partial charge < -0.3 is 14.8 Å². The minimum atomic E-state index is -0.718. The number of nitrogens with zero attached hydrogens (tertiary/aromatic N) is 1. The fourth-order valence-electron chi connectivity index (χ4n) is 2.58. The van der Waals surface area contributed by atoms with Crippen molar-refractivity contribution in [3.8, 4) is 11.5 Å². The number of urea groups is 1. The molecule has 0 bridgehead atoms. The van der Waals surface area contributed by atoms with Gasteiger partial charge >= 0.3 is 6.03 Å². The molecule has 0 aliphatic rings. The molecule has 31 heavy (non-hydrogen) atoms. The summed E-state index contributed by atoms with van der Waals surface area (Å²) in [5.41, 5.74) is 0.532. The van der Waals surface area contributed by atoms with Crippen molar-refractivity contribution in [3.05, 3.63) is 70.3 Å². The summed E-state index contributed by atoms with van der Waals surface area (Å²) in [4.78, 5) is 30.0. The maximum atomic E-state index is 12.5.